The fraction of sp³-hybridized carbons (Fsp3) is 0.217. The minimum absolute atomic E-state index is 0.0210. The molecule has 2 aromatic heterocycles. The van der Waals surface area contributed by atoms with Crippen molar-refractivity contribution in [2.24, 2.45) is 0 Å². The van der Waals surface area contributed by atoms with Crippen molar-refractivity contribution in [1.29, 1.82) is 0 Å². The minimum Gasteiger partial charge on any atom is -0.324 e. The van der Waals surface area contributed by atoms with Crippen LogP contribution in [0, 0.1) is 18.6 Å². The second-order valence-corrected chi connectivity index (χ2v) is 7.52. The Morgan fingerprint density at radius 2 is 1.73 bits per heavy atom. The zero-order chi connectivity index (χ0) is 23.7. The summed E-state index contributed by atoms with van der Waals surface area (Å²) in [4.78, 5) is 39.3. The summed E-state index contributed by atoms with van der Waals surface area (Å²) < 4.78 is 30.4. The highest BCUT2D eigenvalue weighted by Gasteiger charge is 2.22. The Labute approximate surface area is 186 Å². The molecule has 0 saturated heterocycles. The van der Waals surface area contributed by atoms with Crippen molar-refractivity contribution >= 4 is 22.6 Å². The van der Waals surface area contributed by atoms with Crippen LogP contribution in [-0.4, -0.2) is 24.8 Å². The number of anilines is 1. The molecule has 0 unspecified atom stereocenters. The molecule has 2 aromatic carbocycles. The lowest BCUT2D eigenvalue weighted by atomic mass is 10.2. The number of amides is 1. The first-order valence-corrected chi connectivity index (χ1v) is 10.3. The molecule has 0 aliphatic heterocycles. The van der Waals surface area contributed by atoms with Crippen molar-refractivity contribution < 1.29 is 13.6 Å². The van der Waals surface area contributed by atoms with Gasteiger partial charge in [-0.05, 0) is 31.5 Å². The van der Waals surface area contributed by atoms with Crippen LogP contribution in [0.15, 0.2) is 58.1 Å². The van der Waals surface area contributed by atoms with E-state index in [4.69, 9.17) is 0 Å². The van der Waals surface area contributed by atoms with Crippen molar-refractivity contribution in [1.82, 2.24) is 18.9 Å². The molecule has 4 aromatic rings. The van der Waals surface area contributed by atoms with Gasteiger partial charge in [-0.1, -0.05) is 30.3 Å². The molecule has 0 fully saturated rings. The summed E-state index contributed by atoms with van der Waals surface area (Å²) in [6, 6.07) is 12.0. The molecular weight excluding hydrogens is 432 g/mol. The molecule has 4 rings (SSSR count). The number of nitrogens with one attached hydrogen (secondary N) is 1. The van der Waals surface area contributed by atoms with Crippen molar-refractivity contribution in [3.63, 3.8) is 0 Å². The zero-order valence-electron chi connectivity index (χ0n) is 18.0. The molecule has 0 saturated carbocycles. The van der Waals surface area contributed by atoms with Crippen LogP contribution in [0.1, 0.15) is 18.2 Å². The maximum absolute atomic E-state index is 13.5. The first kappa shape index (κ1) is 22.1. The van der Waals surface area contributed by atoms with Crippen LogP contribution in [0.3, 0.4) is 0 Å². The number of carbonyl (C=O) groups excluding carboxylic acids is 1. The molecule has 0 bridgehead atoms. The average Bonchev–Trinajstić information content (AvgIpc) is 3.14. The van der Waals surface area contributed by atoms with Gasteiger partial charge in [-0.15, -0.1) is 0 Å². The second-order valence-electron chi connectivity index (χ2n) is 7.52. The van der Waals surface area contributed by atoms with Crippen LogP contribution in [-0.2, 0) is 24.4 Å². The molecule has 10 heteroatoms. The van der Waals surface area contributed by atoms with Gasteiger partial charge in [0.2, 0.25) is 5.91 Å². The SMILES string of the molecule is CCn1nc(C)c2c1c(=O)n(Cc1ccccc1)c(=O)n2CC(=O)Nc1ccc(F)c(F)c1. The van der Waals surface area contributed by atoms with Gasteiger partial charge in [-0.2, -0.15) is 5.10 Å². The fourth-order valence-electron chi connectivity index (χ4n) is 3.76. The molecule has 0 radical (unpaired) electrons. The summed E-state index contributed by atoms with van der Waals surface area (Å²) in [6.07, 6.45) is 0. The van der Waals surface area contributed by atoms with Crippen LogP contribution >= 0.6 is 0 Å². The number of benzene rings is 2. The number of aromatic nitrogens is 4. The van der Waals surface area contributed by atoms with Gasteiger partial charge in [-0.25, -0.2) is 13.6 Å². The minimum atomic E-state index is -1.11. The normalized spacial score (nSPS) is 11.2. The first-order chi connectivity index (χ1) is 15.8. The Balaban J connectivity index is 1.81. The molecule has 8 nitrogen and oxygen atoms in total. The average molecular weight is 453 g/mol. The van der Waals surface area contributed by atoms with E-state index in [9.17, 15) is 23.2 Å². The van der Waals surface area contributed by atoms with Gasteiger partial charge in [0.15, 0.2) is 17.2 Å². The summed E-state index contributed by atoms with van der Waals surface area (Å²) in [5.41, 5.74) is 0.514. The maximum atomic E-state index is 13.5. The lowest BCUT2D eigenvalue weighted by molar-refractivity contribution is -0.116. The summed E-state index contributed by atoms with van der Waals surface area (Å²) in [6.45, 7) is 3.44. The molecule has 0 aliphatic rings. The lowest BCUT2D eigenvalue weighted by Gasteiger charge is -2.13. The van der Waals surface area contributed by atoms with E-state index in [0.717, 1.165) is 22.3 Å². The third-order valence-corrected chi connectivity index (χ3v) is 5.26. The van der Waals surface area contributed by atoms with Gasteiger partial charge >= 0.3 is 5.69 Å². The van der Waals surface area contributed by atoms with Gasteiger partial charge in [0.25, 0.3) is 5.56 Å². The first-order valence-electron chi connectivity index (χ1n) is 10.3. The van der Waals surface area contributed by atoms with Gasteiger partial charge in [0.05, 0.1) is 12.2 Å². The topological polar surface area (TPSA) is 90.9 Å². The Kier molecular flexibility index (Phi) is 5.91. The third-order valence-electron chi connectivity index (χ3n) is 5.26. The van der Waals surface area contributed by atoms with Gasteiger partial charge in [0.1, 0.15) is 12.1 Å². The zero-order valence-corrected chi connectivity index (χ0v) is 18.0. The summed E-state index contributed by atoms with van der Waals surface area (Å²) >= 11 is 0. The Morgan fingerprint density at radius 1 is 1.00 bits per heavy atom. The number of nitrogens with zero attached hydrogens (tertiary/aromatic N) is 4. The highest BCUT2D eigenvalue weighted by molar-refractivity contribution is 5.91. The molecule has 1 amide bonds. The lowest BCUT2D eigenvalue weighted by Crippen LogP contribution is -2.42. The van der Waals surface area contributed by atoms with Crippen molar-refractivity contribution in [3.05, 3.63) is 92.3 Å². The van der Waals surface area contributed by atoms with Crippen molar-refractivity contribution in [3.8, 4) is 0 Å². The number of fused-ring (bicyclic) bond motifs is 1. The number of rotatable bonds is 6. The van der Waals surface area contributed by atoms with E-state index in [-0.39, 0.29) is 23.3 Å². The van der Waals surface area contributed by atoms with Crippen LogP contribution in [0.25, 0.3) is 11.0 Å². The Bertz CT molecular complexity index is 1470. The van der Waals surface area contributed by atoms with Crippen LogP contribution in [0.2, 0.25) is 0 Å². The largest absolute Gasteiger partial charge is 0.332 e. The number of carbonyl (C=O) groups is 1. The molecule has 170 valence electrons. The Morgan fingerprint density at radius 3 is 2.39 bits per heavy atom. The third kappa shape index (κ3) is 4.19. The van der Waals surface area contributed by atoms with E-state index in [1.807, 2.05) is 13.0 Å². The highest BCUT2D eigenvalue weighted by atomic mass is 19.2. The maximum Gasteiger partial charge on any atom is 0.332 e. The number of aryl methyl sites for hydroxylation is 2. The summed E-state index contributed by atoms with van der Waals surface area (Å²) in [7, 11) is 0. The molecule has 0 spiro atoms. The Hall–Kier alpha value is -4.08. The van der Waals surface area contributed by atoms with E-state index in [1.54, 1.807) is 31.2 Å². The van der Waals surface area contributed by atoms with E-state index >= 15 is 0 Å². The van der Waals surface area contributed by atoms with Crippen LogP contribution in [0.4, 0.5) is 14.5 Å². The number of hydrogen-bond acceptors (Lipinski definition) is 4. The van der Waals surface area contributed by atoms with Crippen LogP contribution < -0.4 is 16.6 Å². The predicted octanol–water partition coefficient (Wildman–Crippen LogP) is 2.65. The van der Waals surface area contributed by atoms with E-state index in [0.29, 0.717) is 12.2 Å². The second kappa shape index (κ2) is 8.81. The number of hydrogen-bond donors (Lipinski definition) is 1. The smallest absolute Gasteiger partial charge is 0.324 e. The molecule has 0 atom stereocenters. The summed E-state index contributed by atoms with van der Waals surface area (Å²) in [5, 5.41) is 6.81. The fourth-order valence-corrected chi connectivity index (χ4v) is 3.76. The van der Waals surface area contributed by atoms with E-state index in [1.165, 1.54) is 15.3 Å². The number of halogens is 2. The van der Waals surface area contributed by atoms with Crippen molar-refractivity contribution in [2.75, 3.05) is 5.32 Å². The molecular formula is C23H21F2N5O3. The predicted molar refractivity (Wildman–Crippen MR) is 119 cm³/mol. The molecule has 1 N–H and O–H groups in total. The van der Waals surface area contributed by atoms with Crippen molar-refractivity contribution in [2.45, 2.75) is 33.5 Å². The van der Waals surface area contributed by atoms with Gasteiger partial charge in [0, 0.05) is 18.3 Å². The molecule has 33 heavy (non-hydrogen) atoms. The van der Waals surface area contributed by atoms with E-state index in [2.05, 4.69) is 10.4 Å². The monoisotopic (exact) mass is 453 g/mol. The standard InChI is InChI=1S/C23H21F2N5O3/c1-3-30-21-20(14(2)27-30)28(13-19(31)26-16-9-10-17(24)18(25)11-16)23(33)29(22(21)32)12-15-7-5-4-6-8-15/h4-11H,3,12-13H2,1-2H3,(H,26,31). The van der Waals surface area contributed by atoms with E-state index < -0.39 is 35.3 Å². The van der Waals surface area contributed by atoms with Gasteiger partial charge < -0.3 is 5.32 Å². The van der Waals surface area contributed by atoms with Crippen LogP contribution in [0.5, 0.6) is 0 Å². The quantitative estimate of drug-likeness (QED) is 0.486. The van der Waals surface area contributed by atoms with Gasteiger partial charge in [-0.3, -0.25) is 23.4 Å². The molecule has 2 heterocycles. The summed E-state index contributed by atoms with van der Waals surface area (Å²) in [5.74, 6) is -2.79. The highest BCUT2D eigenvalue weighted by Crippen LogP contribution is 2.16. The molecule has 0 aliphatic carbocycles.